The van der Waals surface area contributed by atoms with Crippen molar-refractivity contribution in [1.82, 2.24) is 25.1 Å². The molecular formula is C21H27N5OS. The van der Waals surface area contributed by atoms with Gasteiger partial charge in [-0.15, -0.1) is 16.8 Å². The highest BCUT2D eigenvalue weighted by atomic mass is 32.2. The lowest BCUT2D eigenvalue weighted by Crippen LogP contribution is -2.32. The zero-order valence-electron chi connectivity index (χ0n) is 16.3. The van der Waals surface area contributed by atoms with Crippen LogP contribution in [0.5, 0.6) is 0 Å². The SMILES string of the molecule is C=CCn1c(S[C@H](C)C(=O)NCCC2=CCCCC2)nnc1-c1ccncc1. The Kier molecular flexibility index (Phi) is 7.42. The molecule has 2 aromatic heterocycles. The number of thioether (sulfide) groups is 1. The minimum absolute atomic E-state index is 0.0278. The van der Waals surface area contributed by atoms with Crippen LogP contribution in [0.3, 0.4) is 0 Å². The molecule has 0 spiro atoms. The van der Waals surface area contributed by atoms with Gasteiger partial charge in [0.2, 0.25) is 5.91 Å². The molecule has 1 amide bonds. The Bertz CT molecular complexity index is 831. The van der Waals surface area contributed by atoms with E-state index in [2.05, 4.69) is 33.2 Å². The average molecular weight is 398 g/mol. The van der Waals surface area contributed by atoms with Gasteiger partial charge in [-0.1, -0.05) is 29.5 Å². The molecule has 148 valence electrons. The summed E-state index contributed by atoms with van der Waals surface area (Å²) in [5.74, 6) is 0.779. The Morgan fingerprint density at radius 2 is 2.18 bits per heavy atom. The van der Waals surface area contributed by atoms with Crippen molar-refractivity contribution in [2.75, 3.05) is 6.54 Å². The summed E-state index contributed by atoms with van der Waals surface area (Å²) in [7, 11) is 0. The maximum Gasteiger partial charge on any atom is 0.233 e. The first-order chi connectivity index (χ1) is 13.7. The Morgan fingerprint density at radius 3 is 2.89 bits per heavy atom. The predicted octanol–water partition coefficient (Wildman–Crippen LogP) is 4.01. The molecule has 0 radical (unpaired) electrons. The minimum atomic E-state index is -0.251. The van der Waals surface area contributed by atoms with Gasteiger partial charge in [0.25, 0.3) is 0 Å². The van der Waals surface area contributed by atoms with Crippen LogP contribution in [0.2, 0.25) is 0 Å². The number of carbonyl (C=O) groups is 1. The number of aromatic nitrogens is 4. The smallest absolute Gasteiger partial charge is 0.233 e. The first kappa shape index (κ1) is 20.3. The first-order valence-electron chi connectivity index (χ1n) is 9.76. The van der Waals surface area contributed by atoms with Crippen molar-refractivity contribution in [3.8, 4) is 11.4 Å². The molecule has 3 rings (SSSR count). The molecule has 2 aromatic rings. The molecule has 1 aliphatic rings. The molecule has 0 aromatic carbocycles. The number of rotatable bonds is 9. The topological polar surface area (TPSA) is 72.7 Å². The summed E-state index contributed by atoms with van der Waals surface area (Å²) < 4.78 is 1.98. The van der Waals surface area contributed by atoms with Gasteiger partial charge in [-0.3, -0.25) is 14.3 Å². The van der Waals surface area contributed by atoms with Crippen molar-refractivity contribution in [2.45, 2.75) is 56.0 Å². The van der Waals surface area contributed by atoms with Gasteiger partial charge in [0.05, 0.1) is 5.25 Å². The maximum atomic E-state index is 12.5. The van der Waals surface area contributed by atoms with Gasteiger partial charge in [-0.2, -0.15) is 0 Å². The van der Waals surface area contributed by atoms with Gasteiger partial charge in [0.1, 0.15) is 0 Å². The van der Waals surface area contributed by atoms with E-state index in [1.165, 1.54) is 43.0 Å². The minimum Gasteiger partial charge on any atom is -0.355 e. The summed E-state index contributed by atoms with van der Waals surface area (Å²) in [6.07, 6.45) is 13.4. The van der Waals surface area contributed by atoms with E-state index >= 15 is 0 Å². The standard InChI is InChI=1S/C21H27N5OS/c1-3-15-26-19(18-10-12-22-13-11-18)24-25-21(26)28-16(2)20(27)23-14-9-17-7-5-4-6-8-17/h3,7,10-13,16H,1,4-6,8-9,14-15H2,2H3,(H,23,27)/t16-/m1/s1. The molecule has 2 heterocycles. The van der Waals surface area contributed by atoms with E-state index in [9.17, 15) is 4.79 Å². The third kappa shape index (κ3) is 5.32. The van der Waals surface area contributed by atoms with Gasteiger partial charge < -0.3 is 5.32 Å². The van der Waals surface area contributed by atoms with Crippen molar-refractivity contribution in [3.05, 3.63) is 48.8 Å². The summed E-state index contributed by atoms with van der Waals surface area (Å²) >= 11 is 1.42. The largest absolute Gasteiger partial charge is 0.355 e. The number of amides is 1. The number of nitrogens with zero attached hydrogens (tertiary/aromatic N) is 4. The number of nitrogens with one attached hydrogen (secondary N) is 1. The van der Waals surface area contributed by atoms with Crippen molar-refractivity contribution in [3.63, 3.8) is 0 Å². The zero-order valence-corrected chi connectivity index (χ0v) is 17.1. The highest BCUT2D eigenvalue weighted by Gasteiger charge is 2.20. The van der Waals surface area contributed by atoms with Crippen LogP contribution in [0.1, 0.15) is 39.0 Å². The second kappa shape index (κ2) is 10.2. The highest BCUT2D eigenvalue weighted by molar-refractivity contribution is 8.00. The molecule has 0 aliphatic heterocycles. The fraction of sp³-hybridized carbons (Fsp3) is 0.429. The summed E-state index contributed by atoms with van der Waals surface area (Å²) in [6.45, 7) is 7.00. The quantitative estimate of drug-likeness (QED) is 0.511. The fourth-order valence-electron chi connectivity index (χ4n) is 3.22. The van der Waals surface area contributed by atoms with Crippen LogP contribution in [0.4, 0.5) is 0 Å². The van der Waals surface area contributed by atoms with Crippen LogP contribution in [0.25, 0.3) is 11.4 Å². The Hall–Kier alpha value is -2.41. The predicted molar refractivity (Wildman–Crippen MR) is 113 cm³/mol. The second-order valence-corrected chi connectivity index (χ2v) is 8.16. The molecule has 1 atom stereocenters. The molecule has 0 bridgehead atoms. The van der Waals surface area contributed by atoms with E-state index in [1.807, 2.05) is 23.6 Å². The molecule has 7 heteroatoms. The molecule has 1 aliphatic carbocycles. The van der Waals surface area contributed by atoms with Crippen LogP contribution in [-0.4, -0.2) is 37.5 Å². The summed E-state index contributed by atoms with van der Waals surface area (Å²) in [6, 6.07) is 3.79. The average Bonchev–Trinajstić information content (AvgIpc) is 3.12. The molecule has 6 nitrogen and oxygen atoms in total. The van der Waals surface area contributed by atoms with Crippen molar-refractivity contribution < 1.29 is 4.79 Å². The number of carbonyl (C=O) groups excluding carboxylic acids is 1. The molecule has 1 N–H and O–H groups in total. The van der Waals surface area contributed by atoms with E-state index in [-0.39, 0.29) is 11.2 Å². The van der Waals surface area contributed by atoms with Crippen LogP contribution in [0, 0.1) is 0 Å². The fourth-order valence-corrected chi connectivity index (χ4v) is 4.10. The third-order valence-corrected chi connectivity index (χ3v) is 5.83. The van der Waals surface area contributed by atoms with Crippen LogP contribution < -0.4 is 5.32 Å². The number of hydrogen-bond acceptors (Lipinski definition) is 5. The van der Waals surface area contributed by atoms with Crippen molar-refractivity contribution in [1.29, 1.82) is 0 Å². The van der Waals surface area contributed by atoms with Crippen LogP contribution in [0.15, 0.2) is 54.0 Å². The Morgan fingerprint density at radius 1 is 1.36 bits per heavy atom. The van der Waals surface area contributed by atoms with E-state index in [0.717, 1.165) is 17.8 Å². The molecule has 0 unspecified atom stereocenters. The van der Waals surface area contributed by atoms with Gasteiger partial charge in [-0.05, 0) is 51.2 Å². The summed E-state index contributed by atoms with van der Waals surface area (Å²) in [5, 5.41) is 12.1. The lowest BCUT2D eigenvalue weighted by molar-refractivity contribution is -0.120. The van der Waals surface area contributed by atoms with Gasteiger partial charge in [-0.25, -0.2) is 0 Å². The van der Waals surface area contributed by atoms with Crippen molar-refractivity contribution in [2.24, 2.45) is 0 Å². The van der Waals surface area contributed by atoms with Gasteiger partial charge >= 0.3 is 0 Å². The van der Waals surface area contributed by atoms with E-state index in [0.29, 0.717) is 18.2 Å². The molecule has 0 saturated heterocycles. The monoisotopic (exact) mass is 397 g/mol. The lowest BCUT2D eigenvalue weighted by Gasteiger charge is -2.15. The maximum absolute atomic E-state index is 12.5. The molecule has 0 fully saturated rings. The van der Waals surface area contributed by atoms with Gasteiger partial charge in [0, 0.05) is 31.0 Å². The molecule has 0 saturated carbocycles. The zero-order chi connectivity index (χ0) is 19.8. The molecular weight excluding hydrogens is 370 g/mol. The highest BCUT2D eigenvalue weighted by Crippen LogP contribution is 2.27. The normalized spacial score (nSPS) is 15.0. The van der Waals surface area contributed by atoms with E-state index < -0.39 is 0 Å². The third-order valence-electron chi connectivity index (χ3n) is 4.75. The first-order valence-corrected chi connectivity index (χ1v) is 10.6. The van der Waals surface area contributed by atoms with Crippen LogP contribution >= 0.6 is 11.8 Å². The van der Waals surface area contributed by atoms with E-state index in [4.69, 9.17) is 0 Å². The van der Waals surface area contributed by atoms with Crippen molar-refractivity contribution >= 4 is 17.7 Å². The summed E-state index contributed by atoms with van der Waals surface area (Å²) in [4.78, 5) is 16.5. The Balaban J connectivity index is 1.60. The lowest BCUT2D eigenvalue weighted by atomic mass is 9.97. The number of pyridine rings is 1. The summed E-state index contributed by atoms with van der Waals surface area (Å²) in [5.41, 5.74) is 2.41. The van der Waals surface area contributed by atoms with Crippen LogP contribution in [-0.2, 0) is 11.3 Å². The Labute approximate surface area is 170 Å². The second-order valence-electron chi connectivity index (χ2n) is 6.85. The molecule has 28 heavy (non-hydrogen) atoms. The van der Waals surface area contributed by atoms with E-state index in [1.54, 1.807) is 18.5 Å². The number of hydrogen-bond donors (Lipinski definition) is 1. The number of allylic oxidation sites excluding steroid dienone is 2. The van der Waals surface area contributed by atoms with Gasteiger partial charge in [0.15, 0.2) is 11.0 Å².